The molecule has 2 saturated heterocycles. The Morgan fingerprint density at radius 3 is 2.53 bits per heavy atom. The van der Waals surface area contributed by atoms with Crippen molar-refractivity contribution in [2.24, 2.45) is 0 Å². The quantitative estimate of drug-likeness (QED) is 0.200. The van der Waals surface area contributed by atoms with Gasteiger partial charge in [0, 0.05) is 35.6 Å². The van der Waals surface area contributed by atoms with Crippen LogP contribution < -0.4 is 0 Å². The number of aliphatic hydroxyl groups excluding tert-OH is 2. The van der Waals surface area contributed by atoms with Crippen molar-refractivity contribution in [2.75, 3.05) is 39.5 Å². The largest absolute Gasteiger partial charge is 0.394 e. The number of aliphatic hydroxyl groups is 2. The van der Waals surface area contributed by atoms with E-state index in [1.807, 2.05) is 0 Å². The average Bonchev–Trinajstić information content (AvgIpc) is 3.49. The molecule has 3 heterocycles. The van der Waals surface area contributed by atoms with Gasteiger partial charge in [0.1, 0.15) is 30.0 Å². The summed E-state index contributed by atoms with van der Waals surface area (Å²) < 4.78 is 65.3. The van der Waals surface area contributed by atoms with Gasteiger partial charge in [0.25, 0.3) is 12.2 Å². The summed E-state index contributed by atoms with van der Waals surface area (Å²) in [6, 6.07) is 5.14. The van der Waals surface area contributed by atoms with E-state index in [9.17, 15) is 28.2 Å². The highest BCUT2D eigenvalue weighted by Crippen LogP contribution is 2.33. The van der Waals surface area contributed by atoms with E-state index in [0.29, 0.717) is 23.1 Å². The van der Waals surface area contributed by atoms with Crippen LogP contribution in [0.5, 0.6) is 0 Å². The van der Waals surface area contributed by atoms with Crippen molar-refractivity contribution in [1.29, 1.82) is 0 Å². The number of rotatable bonds is 9. The molecule has 2 aliphatic heterocycles. The van der Waals surface area contributed by atoms with Crippen LogP contribution in [0.1, 0.15) is 6.04 Å². The fourth-order valence-corrected chi connectivity index (χ4v) is 5.54. The Kier molecular flexibility index (Phi) is 10.5. The van der Waals surface area contributed by atoms with Crippen molar-refractivity contribution in [1.82, 2.24) is 19.9 Å². The Labute approximate surface area is 257 Å². The number of carbonyl (C=O) groups is 1. The first kappa shape index (κ1) is 31.9. The summed E-state index contributed by atoms with van der Waals surface area (Å²) in [5.74, 6) is -4.99. The van der Waals surface area contributed by atoms with E-state index in [2.05, 4.69) is 10.3 Å². The first-order valence-corrected chi connectivity index (χ1v) is 14.4. The van der Waals surface area contributed by atoms with Gasteiger partial charge in [-0.1, -0.05) is 28.4 Å². The fourth-order valence-electron chi connectivity index (χ4n) is 4.56. The average molecular weight is 665 g/mol. The molecule has 43 heavy (non-hydrogen) atoms. The lowest BCUT2D eigenvalue weighted by Gasteiger charge is -2.40. The first-order chi connectivity index (χ1) is 20.7. The molecule has 0 bridgehead atoms. The van der Waals surface area contributed by atoms with Crippen molar-refractivity contribution in [3.05, 3.63) is 64.0 Å². The molecule has 0 aliphatic carbocycles. The molecule has 1 unspecified atom stereocenters. The number of amides is 1. The molecule has 17 heteroatoms. The number of morpholine rings is 1. The lowest BCUT2D eigenvalue weighted by Crippen LogP contribution is -2.55. The zero-order chi connectivity index (χ0) is 30.7. The number of benzene rings is 2. The molecule has 1 aromatic heterocycles. The Hall–Kier alpha value is -2.47. The van der Waals surface area contributed by atoms with Crippen molar-refractivity contribution in [3.8, 4) is 11.3 Å². The molecule has 0 radical (unpaired) electrons. The van der Waals surface area contributed by atoms with Gasteiger partial charge in [-0.3, -0.25) is 8.98 Å². The summed E-state index contributed by atoms with van der Waals surface area (Å²) in [7, 11) is 0. The van der Waals surface area contributed by atoms with Gasteiger partial charge in [0.15, 0.2) is 17.5 Å². The van der Waals surface area contributed by atoms with Gasteiger partial charge in [-0.2, -0.15) is 0 Å². The second kappa shape index (κ2) is 14.1. The van der Waals surface area contributed by atoms with Gasteiger partial charge in [0.05, 0.1) is 42.7 Å². The summed E-state index contributed by atoms with van der Waals surface area (Å²) in [5, 5.41) is 29.4. The Bertz CT molecular complexity index is 1430. The standard InChI is InChI=1S/C26H25Cl2F3N4O7S/c27-15-2-1-14(9-16(15)28)43-42-26(25(38)34-3-5-39-6-4-34)41-21-12-40-20(11-36)24(37)23(21)35-10-19(32-33-35)13-7-17(29)22(31)18(30)8-13/h1-2,7-10,20-21,23-24,26,36-37H,3-6,11-12H2/t20-,21+,23-,24+,26?/m1/s1. The second-order valence-electron chi connectivity index (χ2n) is 9.57. The molecular formula is C26H25Cl2F3N4O7S. The molecule has 1 amide bonds. The van der Waals surface area contributed by atoms with Crippen molar-refractivity contribution in [2.45, 2.75) is 35.5 Å². The number of nitrogens with zero attached hydrogens (tertiary/aromatic N) is 4. The van der Waals surface area contributed by atoms with Crippen LogP contribution in [0.25, 0.3) is 11.3 Å². The minimum atomic E-state index is -1.63. The van der Waals surface area contributed by atoms with E-state index in [1.165, 1.54) is 11.1 Å². The normalized spacial score (nSPS) is 23.4. The Morgan fingerprint density at radius 2 is 1.86 bits per heavy atom. The highest BCUT2D eigenvalue weighted by molar-refractivity contribution is 7.94. The molecule has 232 valence electrons. The maximum absolute atomic E-state index is 13.9. The third kappa shape index (κ3) is 7.27. The SMILES string of the molecule is O=C(C(OSc1ccc(Cl)c(Cl)c1)O[C@H]1CO[C@H](CO)[C@H](O)[C@@H]1n1cc(-c2cc(F)c(F)c(F)c2)nn1)N1CCOCC1. The predicted molar refractivity (Wildman–Crippen MR) is 147 cm³/mol. The van der Waals surface area contributed by atoms with Crippen LogP contribution in [-0.2, 0) is 23.2 Å². The number of halogens is 5. The lowest BCUT2D eigenvalue weighted by atomic mass is 9.97. The van der Waals surface area contributed by atoms with Crippen molar-refractivity contribution < 1.29 is 46.6 Å². The summed E-state index contributed by atoms with van der Waals surface area (Å²) >= 11 is 12.9. The first-order valence-electron chi connectivity index (χ1n) is 12.9. The number of hydrogen-bond donors (Lipinski definition) is 2. The van der Waals surface area contributed by atoms with Crippen LogP contribution in [-0.4, -0.2) is 100 Å². The number of aromatic nitrogens is 3. The van der Waals surface area contributed by atoms with Crippen LogP contribution >= 0.6 is 35.2 Å². The smallest absolute Gasteiger partial charge is 0.280 e. The topological polar surface area (TPSA) is 128 Å². The van der Waals surface area contributed by atoms with E-state index in [-0.39, 0.29) is 36.0 Å². The highest BCUT2D eigenvalue weighted by atomic mass is 35.5. The summed E-state index contributed by atoms with van der Waals surface area (Å²) in [6.07, 6.45) is -3.84. The maximum Gasteiger partial charge on any atom is 0.280 e. The van der Waals surface area contributed by atoms with Gasteiger partial charge in [-0.15, -0.1) is 5.10 Å². The molecule has 11 nitrogen and oxygen atoms in total. The summed E-state index contributed by atoms with van der Waals surface area (Å²) in [5.41, 5.74) is -0.148. The third-order valence-corrected chi connectivity index (χ3v) is 8.26. The van der Waals surface area contributed by atoms with E-state index in [4.69, 9.17) is 41.6 Å². The third-order valence-electron chi connectivity index (χ3n) is 6.81. The minimum absolute atomic E-state index is 0.0387. The molecule has 0 saturated carbocycles. The molecule has 3 aromatic rings. The zero-order valence-corrected chi connectivity index (χ0v) is 24.4. The molecule has 2 aliphatic rings. The molecule has 5 rings (SSSR count). The van der Waals surface area contributed by atoms with E-state index in [1.54, 1.807) is 18.2 Å². The van der Waals surface area contributed by atoms with Crippen molar-refractivity contribution in [3.63, 3.8) is 0 Å². The zero-order valence-electron chi connectivity index (χ0n) is 22.1. The number of ether oxygens (including phenoxy) is 3. The van der Waals surface area contributed by atoms with Crippen LogP contribution in [0.15, 0.2) is 41.4 Å². The van der Waals surface area contributed by atoms with Gasteiger partial charge in [-0.05, 0) is 30.3 Å². The van der Waals surface area contributed by atoms with Gasteiger partial charge in [0.2, 0.25) is 0 Å². The molecule has 0 spiro atoms. The summed E-state index contributed by atoms with van der Waals surface area (Å²) in [6.45, 7) is 0.441. The second-order valence-corrected chi connectivity index (χ2v) is 11.2. The minimum Gasteiger partial charge on any atom is -0.394 e. The molecule has 2 aromatic carbocycles. The van der Waals surface area contributed by atoms with Gasteiger partial charge < -0.3 is 29.3 Å². The molecule has 5 atom stereocenters. The Balaban J connectivity index is 1.42. The summed E-state index contributed by atoms with van der Waals surface area (Å²) in [4.78, 5) is 15.5. The Morgan fingerprint density at radius 1 is 1.14 bits per heavy atom. The van der Waals surface area contributed by atoms with Crippen LogP contribution in [0.2, 0.25) is 10.0 Å². The molecular weight excluding hydrogens is 640 g/mol. The van der Waals surface area contributed by atoms with Crippen molar-refractivity contribution >= 4 is 41.2 Å². The van der Waals surface area contributed by atoms with Gasteiger partial charge >= 0.3 is 0 Å². The van der Waals surface area contributed by atoms with E-state index < -0.39 is 60.6 Å². The predicted octanol–water partition coefficient (Wildman–Crippen LogP) is 3.26. The van der Waals surface area contributed by atoms with E-state index in [0.717, 1.165) is 28.9 Å². The number of hydrogen-bond acceptors (Lipinski definition) is 10. The highest BCUT2D eigenvalue weighted by Gasteiger charge is 2.44. The fraction of sp³-hybridized carbons (Fsp3) is 0.423. The maximum atomic E-state index is 13.9. The van der Waals surface area contributed by atoms with Crippen LogP contribution in [0, 0.1) is 17.5 Å². The van der Waals surface area contributed by atoms with Crippen LogP contribution in [0.3, 0.4) is 0 Å². The molecule has 2 fully saturated rings. The van der Waals surface area contributed by atoms with E-state index >= 15 is 0 Å². The van der Waals surface area contributed by atoms with Crippen LogP contribution in [0.4, 0.5) is 13.2 Å². The monoisotopic (exact) mass is 664 g/mol. The van der Waals surface area contributed by atoms with Gasteiger partial charge in [-0.25, -0.2) is 17.9 Å². The molecule has 2 N–H and O–H groups in total. The number of carbonyl (C=O) groups excluding carboxylic acids is 1. The lowest BCUT2D eigenvalue weighted by molar-refractivity contribution is -0.221.